The van der Waals surface area contributed by atoms with Crippen LogP contribution in [0.4, 0.5) is 13.2 Å². The summed E-state index contributed by atoms with van der Waals surface area (Å²) in [6.45, 7) is 1.58. The summed E-state index contributed by atoms with van der Waals surface area (Å²) in [6.07, 6.45) is -0.692. The highest BCUT2D eigenvalue weighted by Gasteiger charge is 2.30. The molecule has 5 heteroatoms. The van der Waals surface area contributed by atoms with Gasteiger partial charge in [-0.25, -0.2) is 0 Å². The second-order valence-corrected chi connectivity index (χ2v) is 4.98. The highest BCUT2D eigenvalue weighted by molar-refractivity contribution is 5.34. The largest absolute Gasteiger partial charge is 0.416 e. The first-order valence-corrected chi connectivity index (χ1v) is 6.62. The summed E-state index contributed by atoms with van der Waals surface area (Å²) in [5, 5.41) is 10.2. The fourth-order valence-electron chi connectivity index (χ4n) is 2.23. The lowest BCUT2D eigenvalue weighted by atomic mass is 9.96. The van der Waals surface area contributed by atoms with Crippen molar-refractivity contribution in [1.82, 2.24) is 4.98 Å². The van der Waals surface area contributed by atoms with E-state index in [0.717, 1.165) is 17.7 Å². The molecule has 0 saturated heterocycles. The standard InChI is InChI=1S/C16H16F3NO/c1-11-10-13(16(17,18)19)3-4-14(11)15(21)5-2-12-6-8-20-9-7-12/h3-4,6-10,15,21H,2,5H2,1H3. The molecule has 0 bridgehead atoms. The van der Waals surface area contributed by atoms with Crippen LogP contribution in [0.1, 0.15) is 34.8 Å². The maximum absolute atomic E-state index is 12.6. The lowest BCUT2D eigenvalue weighted by molar-refractivity contribution is -0.137. The van der Waals surface area contributed by atoms with E-state index in [0.29, 0.717) is 24.0 Å². The van der Waals surface area contributed by atoms with Gasteiger partial charge in [-0.15, -0.1) is 0 Å². The molecule has 0 fully saturated rings. The zero-order valence-corrected chi connectivity index (χ0v) is 11.6. The first-order chi connectivity index (χ1) is 9.88. The van der Waals surface area contributed by atoms with Gasteiger partial charge in [0.2, 0.25) is 0 Å². The summed E-state index contributed by atoms with van der Waals surface area (Å²) < 4.78 is 37.8. The zero-order chi connectivity index (χ0) is 15.5. The van der Waals surface area contributed by atoms with Gasteiger partial charge in [-0.2, -0.15) is 13.2 Å². The van der Waals surface area contributed by atoms with Gasteiger partial charge in [-0.05, 0) is 60.7 Å². The van der Waals surface area contributed by atoms with Crippen molar-refractivity contribution >= 4 is 0 Å². The summed E-state index contributed by atoms with van der Waals surface area (Å²) in [5.74, 6) is 0. The lowest BCUT2D eigenvalue weighted by Gasteiger charge is -2.16. The number of alkyl halides is 3. The minimum absolute atomic E-state index is 0.451. The van der Waals surface area contributed by atoms with Gasteiger partial charge in [0.1, 0.15) is 0 Å². The molecule has 2 nitrogen and oxygen atoms in total. The van der Waals surface area contributed by atoms with Crippen LogP contribution in [-0.4, -0.2) is 10.1 Å². The molecule has 1 aromatic heterocycles. The van der Waals surface area contributed by atoms with Gasteiger partial charge in [-0.1, -0.05) is 6.07 Å². The molecule has 0 spiro atoms. The Balaban J connectivity index is 2.07. The van der Waals surface area contributed by atoms with Crippen LogP contribution in [0.15, 0.2) is 42.7 Å². The lowest BCUT2D eigenvalue weighted by Crippen LogP contribution is -2.08. The van der Waals surface area contributed by atoms with Crippen LogP contribution in [0.5, 0.6) is 0 Å². The Bertz CT molecular complexity index is 596. The van der Waals surface area contributed by atoms with Crippen molar-refractivity contribution in [1.29, 1.82) is 0 Å². The average molecular weight is 295 g/mol. The van der Waals surface area contributed by atoms with Crippen molar-refractivity contribution in [2.75, 3.05) is 0 Å². The van der Waals surface area contributed by atoms with Crippen molar-refractivity contribution in [2.24, 2.45) is 0 Å². The summed E-state index contributed by atoms with van der Waals surface area (Å²) >= 11 is 0. The highest BCUT2D eigenvalue weighted by atomic mass is 19.4. The Kier molecular flexibility index (Phi) is 4.63. The molecule has 21 heavy (non-hydrogen) atoms. The number of aryl methyl sites for hydroxylation is 2. The number of hydrogen-bond acceptors (Lipinski definition) is 2. The third-order valence-corrected chi connectivity index (χ3v) is 3.41. The first-order valence-electron chi connectivity index (χ1n) is 6.62. The molecule has 1 heterocycles. The Morgan fingerprint density at radius 3 is 2.38 bits per heavy atom. The molecule has 1 aromatic carbocycles. The van der Waals surface area contributed by atoms with Crippen LogP contribution in [0.25, 0.3) is 0 Å². The zero-order valence-electron chi connectivity index (χ0n) is 11.6. The van der Waals surface area contributed by atoms with Crippen molar-refractivity contribution in [3.8, 4) is 0 Å². The van der Waals surface area contributed by atoms with E-state index in [9.17, 15) is 18.3 Å². The molecule has 0 amide bonds. The van der Waals surface area contributed by atoms with Crippen molar-refractivity contribution in [2.45, 2.75) is 32.0 Å². The topological polar surface area (TPSA) is 33.1 Å². The summed E-state index contributed by atoms with van der Waals surface area (Å²) in [4.78, 5) is 3.91. The third kappa shape index (κ3) is 4.04. The van der Waals surface area contributed by atoms with E-state index in [4.69, 9.17) is 0 Å². The van der Waals surface area contributed by atoms with Gasteiger partial charge >= 0.3 is 6.18 Å². The number of hydrogen-bond donors (Lipinski definition) is 1. The molecule has 1 N–H and O–H groups in total. The molecular weight excluding hydrogens is 279 g/mol. The molecule has 0 radical (unpaired) electrons. The minimum Gasteiger partial charge on any atom is -0.388 e. The Morgan fingerprint density at radius 2 is 1.81 bits per heavy atom. The number of nitrogens with zero attached hydrogens (tertiary/aromatic N) is 1. The number of aromatic nitrogens is 1. The Morgan fingerprint density at radius 1 is 1.14 bits per heavy atom. The molecule has 0 aliphatic heterocycles. The maximum Gasteiger partial charge on any atom is 0.416 e. The highest BCUT2D eigenvalue weighted by Crippen LogP contribution is 2.32. The molecule has 112 valence electrons. The predicted octanol–water partition coefficient (Wildman–Crippen LogP) is 4.08. The number of aliphatic hydroxyl groups excluding tert-OH is 1. The van der Waals surface area contributed by atoms with Crippen LogP contribution in [0, 0.1) is 6.92 Å². The van der Waals surface area contributed by atoms with E-state index < -0.39 is 17.8 Å². The number of rotatable bonds is 4. The number of benzene rings is 1. The van der Waals surface area contributed by atoms with Gasteiger partial charge in [0.05, 0.1) is 11.7 Å². The molecule has 2 rings (SSSR count). The monoisotopic (exact) mass is 295 g/mol. The van der Waals surface area contributed by atoms with Crippen LogP contribution in [0.3, 0.4) is 0 Å². The van der Waals surface area contributed by atoms with Gasteiger partial charge < -0.3 is 5.11 Å². The van der Waals surface area contributed by atoms with E-state index in [-0.39, 0.29) is 0 Å². The molecule has 2 aromatic rings. The average Bonchev–Trinajstić information content (AvgIpc) is 2.45. The molecule has 0 aliphatic rings. The number of pyridine rings is 1. The minimum atomic E-state index is -4.36. The van der Waals surface area contributed by atoms with Crippen molar-refractivity contribution in [3.63, 3.8) is 0 Å². The first kappa shape index (κ1) is 15.5. The van der Waals surface area contributed by atoms with E-state index in [1.165, 1.54) is 6.07 Å². The van der Waals surface area contributed by atoms with E-state index in [1.807, 2.05) is 12.1 Å². The SMILES string of the molecule is Cc1cc(C(F)(F)F)ccc1C(O)CCc1ccncc1. The number of halogens is 3. The quantitative estimate of drug-likeness (QED) is 0.922. The van der Waals surface area contributed by atoms with Crippen LogP contribution in [-0.2, 0) is 12.6 Å². The van der Waals surface area contributed by atoms with E-state index in [2.05, 4.69) is 4.98 Å². The summed E-state index contributed by atoms with van der Waals surface area (Å²) in [6, 6.07) is 7.15. The molecule has 0 saturated carbocycles. The van der Waals surface area contributed by atoms with Crippen molar-refractivity contribution < 1.29 is 18.3 Å². The van der Waals surface area contributed by atoms with E-state index >= 15 is 0 Å². The van der Waals surface area contributed by atoms with Gasteiger partial charge in [0, 0.05) is 12.4 Å². The fraction of sp³-hybridized carbons (Fsp3) is 0.312. The summed E-state index contributed by atoms with van der Waals surface area (Å²) in [7, 11) is 0. The third-order valence-electron chi connectivity index (χ3n) is 3.41. The van der Waals surface area contributed by atoms with Crippen molar-refractivity contribution in [3.05, 3.63) is 65.0 Å². The van der Waals surface area contributed by atoms with E-state index in [1.54, 1.807) is 19.3 Å². The van der Waals surface area contributed by atoms with Gasteiger partial charge in [-0.3, -0.25) is 4.98 Å². The molecule has 1 atom stereocenters. The molecule has 1 unspecified atom stereocenters. The normalized spacial score (nSPS) is 13.2. The molecular formula is C16H16F3NO. The van der Waals surface area contributed by atoms with Gasteiger partial charge in [0.15, 0.2) is 0 Å². The second-order valence-electron chi connectivity index (χ2n) is 4.98. The smallest absolute Gasteiger partial charge is 0.388 e. The van der Waals surface area contributed by atoms with Gasteiger partial charge in [0.25, 0.3) is 0 Å². The van der Waals surface area contributed by atoms with Crippen LogP contribution in [0.2, 0.25) is 0 Å². The Hall–Kier alpha value is -1.88. The predicted molar refractivity (Wildman–Crippen MR) is 73.7 cm³/mol. The maximum atomic E-state index is 12.6. The fourth-order valence-corrected chi connectivity index (χ4v) is 2.23. The Labute approximate surface area is 121 Å². The number of aliphatic hydroxyl groups is 1. The summed E-state index contributed by atoms with van der Waals surface area (Å²) in [5.41, 5.74) is 1.34. The molecule has 0 aliphatic carbocycles. The second kappa shape index (κ2) is 6.26. The van der Waals surface area contributed by atoms with Crippen LogP contribution < -0.4 is 0 Å². The van der Waals surface area contributed by atoms with Crippen LogP contribution >= 0.6 is 0 Å².